The van der Waals surface area contributed by atoms with Crippen molar-refractivity contribution in [2.24, 2.45) is 0 Å². The van der Waals surface area contributed by atoms with E-state index < -0.39 is 11.8 Å². The lowest BCUT2D eigenvalue weighted by molar-refractivity contribution is -0.128. The highest BCUT2D eigenvalue weighted by Crippen LogP contribution is 2.29. The van der Waals surface area contributed by atoms with Gasteiger partial charge in [0.05, 0.1) is 0 Å². The number of benzene rings is 1. The fraction of sp³-hybridized carbons (Fsp3) is 0.0625. The first-order chi connectivity index (χ1) is 11.0. The Bertz CT molecular complexity index is 812. The second-order valence-electron chi connectivity index (χ2n) is 4.75. The number of rotatable bonds is 3. The molecule has 1 N–H and O–H groups in total. The minimum atomic E-state index is -0.522. The van der Waals surface area contributed by atoms with Gasteiger partial charge >= 0.3 is 0 Å². The van der Waals surface area contributed by atoms with Crippen molar-refractivity contribution < 1.29 is 14.0 Å². The molecule has 1 saturated heterocycles. The molecule has 0 radical (unpaired) electrons. The predicted octanol–water partition coefficient (Wildman–Crippen LogP) is 2.69. The van der Waals surface area contributed by atoms with Crippen LogP contribution in [0.5, 0.6) is 0 Å². The maximum absolute atomic E-state index is 12.1. The van der Waals surface area contributed by atoms with Crippen LogP contribution in [0.25, 0.3) is 6.08 Å². The number of thiocarbonyl (C=S) groups is 1. The fourth-order valence-electron chi connectivity index (χ4n) is 1.96. The third kappa shape index (κ3) is 3.35. The summed E-state index contributed by atoms with van der Waals surface area (Å²) in [5.41, 5.74) is -0.00767. The van der Waals surface area contributed by atoms with Gasteiger partial charge in [-0.2, -0.15) is 0 Å². The zero-order chi connectivity index (χ0) is 16.4. The summed E-state index contributed by atoms with van der Waals surface area (Å²) in [6.45, 7) is 0. The monoisotopic (exact) mass is 344 g/mol. The Balaban J connectivity index is 1.82. The maximum atomic E-state index is 12.1. The van der Waals surface area contributed by atoms with E-state index in [0.717, 1.165) is 4.90 Å². The van der Waals surface area contributed by atoms with Gasteiger partial charge in [0.1, 0.15) is 11.3 Å². The zero-order valence-electron chi connectivity index (χ0n) is 12.1. The van der Waals surface area contributed by atoms with Gasteiger partial charge in [-0.3, -0.25) is 19.8 Å². The molecule has 7 heteroatoms. The van der Waals surface area contributed by atoms with E-state index in [0.29, 0.717) is 10.9 Å². The predicted molar refractivity (Wildman–Crippen MR) is 90.8 cm³/mol. The summed E-state index contributed by atoms with van der Waals surface area (Å²) in [5.74, 6) is -0.540. The molecule has 2 amide bonds. The Morgan fingerprint density at radius 2 is 1.91 bits per heavy atom. The van der Waals surface area contributed by atoms with Crippen LogP contribution in [-0.2, 0) is 9.59 Å². The second kappa shape index (κ2) is 6.39. The van der Waals surface area contributed by atoms with E-state index in [1.54, 1.807) is 12.1 Å². The maximum Gasteiger partial charge on any atom is 0.265 e. The molecule has 5 nitrogen and oxygen atoms in total. The Morgan fingerprint density at radius 3 is 2.65 bits per heavy atom. The highest BCUT2D eigenvalue weighted by molar-refractivity contribution is 7.99. The molecular formula is C16H12N2O3S2. The first kappa shape index (κ1) is 15.5. The molecule has 1 aliphatic rings. The van der Waals surface area contributed by atoms with Crippen LogP contribution in [0.4, 0.5) is 0 Å². The number of carbonyl (C=O) groups excluding carboxylic acids is 2. The zero-order valence-corrected chi connectivity index (χ0v) is 13.7. The van der Waals surface area contributed by atoms with Gasteiger partial charge in [0.15, 0.2) is 10.2 Å². The summed E-state index contributed by atoms with van der Waals surface area (Å²) in [5, 5.41) is 3.23. The van der Waals surface area contributed by atoms with Gasteiger partial charge in [-0.1, -0.05) is 30.0 Å². The smallest absolute Gasteiger partial charge is 0.265 e. The Labute approximate surface area is 142 Å². The van der Waals surface area contributed by atoms with Crippen molar-refractivity contribution in [2.45, 2.75) is 9.99 Å². The molecule has 2 heterocycles. The van der Waals surface area contributed by atoms with Gasteiger partial charge in [0.2, 0.25) is 0 Å². The van der Waals surface area contributed by atoms with E-state index in [-0.39, 0.29) is 10.7 Å². The number of nitrogens with zero attached hydrogens (tertiary/aromatic N) is 1. The summed E-state index contributed by atoms with van der Waals surface area (Å²) in [4.78, 5) is 26.3. The average molecular weight is 344 g/mol. The summed E-state index contributed by atoms with van der Waals surface area (Å²) in [6.07, 6.45) is 1.42. The minimum absolute atomic E-state index is 0.00767. The molecule has 23 heavy (non-hydrogen) atoms. The fourth-order valence-corrected chi connectivity index (χ4v) is 2.93. The lowest BCUT2D eigenvalue weighted by atomic mass is 10.1. The Hall–Kier alpha value is -2.38. The van der Waals surface area contributed by atoms with Crippen LogP contribution in [-0.4, -0.2) is 28.9 Å². The molecule has 1 aromatic heterocycles. The van der Waals surface area contributed by atoms with Crippen LogP contribution in [0, 0.1) is 0 Å². The molecular weight excluding hydrogens is 332 g/mol. The van der Waals surface area contributed by atoms with Crippen molar-refractivity contribution in [3.8, 4) is 0 Å². The molecule has 1 fully saturated rings. The summed E-state index contributed by atoms with van der Waals surface area (Å²) in [6, 6.07) is 13.3. The average Bonchev–Trinajstić information content (AvgIpc) is 2.98. The summed E-state index contributed by atoms with van der Waals surface area (Å²) in [7, 11) is 1.51. The van der Waals surface area contributed by atoms with Gasteiger partial charge in [-0.25, -0.2) is 0 Å². The number of nitrogens with one attached hydrogen (secondary N) is 1. The minimum Gasteiger partial charge on any atom is -0.450 e. The molecule has 116 valence electrons. The lowest BCUT2D eigenvalue weighted by Gasteiger charge is -2.24. The van der Waals surface area contributed by atoms with E-state index in [4.69, 9.17) is 16.6 Å². The molecule has 0 bridgehead atoms. The largest absolute Gasteiger partial charge is 0.450 e. The van der Waals surface area contributed by atoms with E-state index in [1.807, 2.05) is 30.3 Å². The molecule has 1 aromatic carbocycles. The molecule has 0 spiro atoms. The first-order valence-corrected chi connectivity index (χ1v) is 7.95. The SMILES string of the molecule is CN1C(=O)/C(=C/c2ccc(Sc3ccccc3)o2)C(=O)NC1=S. The van der Waals surface area contributed by atoms with E-state index >= 15 is 0 Å². The molecule has 2 aromatic rings. The summed E-state index contributed by atoms with van der Waals surface area (Å²) < 4.78 is 5.65. The molecule has 0 atom stereocenters. The van der Waals surface area contributed by atoms with Gasteiger partial charge in [0.25, 0.3) is 11.8 Å². The van der Waals surface area contributed by atoms with Crippen molar-refractivity contribution in [3.63, 3.8) is 0 Å². The van der Waals surface area contributed by atoms with Gasteiger partial charge in [0, 0.05) is 11.9 Å². The van der Waals surface area contributed by atoms with Gasteiger partial charge in [-0.05, 0) is 42.6 Å². The number of hydrogen-bond acceptors (Lipinski definition) is 5. The molecule has 3 rings (SSSR count). The van der Waals surface area contributed by atoms with Gasteiger partial charge < -0.3 is 4.42 Å². The Kier molecular flexibility index (Phi) is 4.31. The second-order valence-corrected chi connectivity index (χ2v) is 6.22. The van der Waals surface area contributed by atoms with E-state index in [2.05, 4.69) is 5.32 Å². The van der Waals surface area contributed by atoms with Crippen LogP contribution < -0.4 is 5.32 Å². The first-order valence-electron chi connectivity index (χ1n) is 6.72. The van der Waals surface area contributed by atoms with Crippen molar-refractivity contribution in [2.75, 3.05) is 7.05 Å². The van der Waals surface area contributed by atoms with Crippen LogP contribution in [0.1, 0.15) is 5.76 Å². The van der Waals surface area contributed by atoms with Crippen LogP contribution in [0.2, 0.25) is 0 Å². The van der Waals surface area contributed by atoms with Crippen molar-refractivity contribution in [1.82, 2.24) is 10.2 Å². The number of likely N-dealkylation sites (N-methyl/N-ethyl adjacent to an activating group) is 1. The van der Waals surface area contributed by atoms with Crippen molar-refractivity contribution in [3.05, 3.63) is 53.8 Å². The number of amides is 2. The number of carbonyl (C=O) groups is 2. The normalized spacial score (nSPS) is 16.8. The molecule has 0 unspecified atom stereocenters. The highest BCUT2D eigenvalue weighted by Gasteiger charge is 2.31. The molecule has 0 saturated carbocycles. The third-order valence-electron chi connectivity index (χ3n) is 3.16. The molecule has 1 aliphatic heterocycles. The molecule has 0 aliphatic carbocycles. The topological polar surface area (TPSA) is 62.6 Å². The van der Waals surface area contributed by atoms with E-state index in [1.165, 1.54) is 29.8 Å². The standard InChI is InChI=1S/C16H12N2O3S2/c1-18-15(20)12(14(19)17-16(18)22)9-10-7-8-13(21-10)23-11-5-3-2-4-6-11/h2-9H,1H3,(H,17,19,22)/b12-9+. The van der Waals surface area contributed by atoms with Crippen LogP contribution in [0.3, 0.4) is 0 Å². The lowest BCUT2D eigenvalue weighted by Crippen LogP contribution is -2.52. The quantitative estimate of drug-likeness (QED) is 0.527. The highest BCUT2D eigenvalue weighted by atomic mass is 32.2. The van der Waals surface area contributed by atoms with Gasteiger partial charge in [-0.15, -0.1) is 0 Å². The van der Waals surface area contributed by atoms with Crippen LogP contribution in [0.15, 0.2) is 62.4 Å². The number of furan rings is 1. The third-order valence-corrected chi connectivity index (χ3v) is 4.46. The summed E-state index contributed by atoms with van der Waals surface area (Å²) >= 11 is 6.36. The van der Waals surface area contributed by atoms with Crippen molar-refractivity contribution in [1.29, 1.82) is 0 Å². The van der Waals surface area contributed by atoms with Crippen molar-refractivity contribution >= 4 is 47.0 Å². The number of hydrogen-bond donors (Lipinski definition) is 1. The van der Waals surface area contributed by atoms with Crippen LogP contribution >= 0.6 is 24.0 Å². The Morgan fingerprint density at radius 1 is 1.17 bits per heavy atom. The van der Waals surface area contributed by atoms with E-state index in [9.17, 15) is 9.59 Å².